The minimum absolute atomic E-state index is 0.0573. The average molecular weight is 343 g/mol. The Hall–Kier alpha value is -2.76. The highest BCUT2D eigenvalue weighted by Gasteiger charge is 2.15. The number of halogens is 1. The van der Waals surface area contributed by atoms with Crippen LogP contribution in [0.3, 0.4) is 0 Å². The number of hydrogen-bond acceptors (Lipinski definition) is 3. The zero-order chi connectivity index (χ0) is 18.2. The summed E-state index contributed by atoms with van der Waals surface area (Å²) in [5.41, 5.74) is 0.741. The highest BCUT2D eigenvalue weighted by molar-refractivity contribution is 5.96. The maximum atomic E-state index is 13.6. The molecule has 0 aliphatic heterocycles. The minimum atomic E-state index is -0.450. The number of hydrogen-bond donors (Lipinski definition) is 1. The van der Waals surface area contributed by atoms with E-state index in [4.69, 9.17) is 0 Å². The smallest absolute Gasteiger partial charge is 0.272 e. The maximum absolute atomic E-state index is 13.6. The lowest BCUT2D eigenvalue weighted by Crippen LogP contribution is -2.30. The van der Waals surface area contributed by atoms with Crippen LogP contribution in [0.1, 0.15) is 46.3 Å². The zero-order valence-corrected chi connectivity index (χ0v) is 14.5. The van der Waals surface area contributed by atoms with Gasteiger partial charge in [-0.15, -0.1) is 0 Å². The second-order valence-electron chi connectivity index (χ2n) is 5.76. The van der Waals surface area contributed by atoms with E-state index in [9.17, 15) is 14.0 Å². The van der Waals surface area contributed by atoms with Gasteiger partial charge in [-0.3, -0.25) is 9.59 Å². The van der Waals surface area contributed by atoms with Crippen molar-refractivity contribution in [1.29, 1.82) is 0 Å². The van der Waals surface area contributed by atoms with Crippen molar-refractivity contribution in [2.24, 2.45) is 0 Å². The molecule has 0 spiro atoms. The highest BCUT2D eigenvalue weighted by atomic mass is 19.1. The van der Waals surface area contributed by atoms with Gasteiger partial charge in [-0.1, -0.05) is 37.6 Å². The van der Waals surface area contributed by atoms with Crippen LogP contribution in [-0.2, 0) is 6.54 Å². The monoisotopic (exact) mass is 343 g/mol. The molecule has 25 heavy (non-hydrogen) atoms. The molecule has 1 N–H and O–H groups in total. The van der Waals surface area contributed by atoms with Gasteiger partial charge in [-0.25, -0.2) is 9.37 Å². The van der Waals surface area contributed by atoms with Gasteiger partial charge in [0, 0.05) is 25.7 Å². The van der Waals surface area contributed by atoms with Gasteiger partial charge in [-0.05, 0) is 24.6 Å². The molecular formula is C19H22FN3O2. The van der Waals surface area contributed by atoms with Crippen molar-refractivity contribution in [3.8, 4) is 0 Å². The van der Waals surface area contributed by atoms with E-state index in [0.717, 1.165) is 12.8 Å². The summed E-state index contributed by atoms with van der Waals surface area (Å²) in [5.74, 6) is -1.05. The fraction of sp³-hybridized carbons (Fsp3) is 0.316. The molecule has 1 aromatic carbocycles. The zero-order valence-electron chi connectivity index (χ0n) is 14.5. The van der Waals surface area contributed by atoms with Crippen LogP contribution in [0.2, 0.25) is 0 Å². The molecule has 0 atom stereocenters. The third-order valence-corrected chi connectivity index (χ3v) is 3.79. The Labute approximate surface area is 146 Å². The predicted molar refractivity (Wildman–Crippen MR) is 93.7 cm³/mol. The summed E-state index contributed by atoms with van der Waals surface area (Å²) in [6.45, 7) is 2.75. The van der Waals surface area contributed by atoms with Gasteiger partial charge in [0.1, 0.15) is 17.2 Å². The van der Waals surface area contributed by atoms with Crippen LogP contribution in [0.25, 0.3) is 0 Å². The van der Waals surface area contributed by atoms with Crippen molar-refractivity contribution < 1.29 is 14.0 Å². The molecule has 0 saturated heterocycles. The van der Waals surface area contributed by atoms with Crippen molar-refractivity contribution in [2.75, 3.05) is 13.6 Å². The first kappa shape index (κ1) is 18.6. The fourth-order valence-corrected chi connectivity index (χ4v) is 2.28. The highest BCUT2D eigenvalue weighted by Crippen LogP contribution is 2.07. The summed E-state index contributed by atoms with van der Waals surface area (Å²) in [5, 5.41) is 2.62. The quantitative estimate of drug-likeness (QED) is 0.840. The molecule has 1 heterocycles. The summed E-state index contributed by atoms with van der Waals surface area (Å²) in [6, 6.07) is 11.0. The second-order valence-corrected chi connectivity index (χ2v) is 5.76. The first-order chi connectivity index (χ1) is 12.0. The van der Waals surface area contributed by atoms with Crippen LogP contribution in [-0.4, -0.2) is 35.3 Å². The summed E-state index contributed by atoms with van der Waals surface area (Å²) in [4.78, 5) is 30.3. The molecule has 0 aliphatic rings. The SMILES string of the molecule is CCCCN(C)C(=O)c1cccc(C(=O)NCc2ccccc2F)n1. The lowest BCUT2D eigenvalue weighted by Gasteiger charge is -2.16. The average Bonchev–Trinajstić information content (AvgIpc) is 2.64. The van der Waals surface area contributed by atoms with E-state index >= 15 is 0 Å². The van der Waals surface area contributed by atoms with Crippen LogP contribution < -0.4 is 5.32 Å². The van der Waals surface area contributed by atoms with Crippen LogP contribution >= 0.6 is 0 Å². The van der Waals surface area contributed by atoms with Gasteiger partial charge in [-0.2, -0.15) is 0 Å². The molecule has 0 fully saturated rings. The van der Waals surface area contributed by atoms with E-state index < -0.39 is 5.91 Å². The Kier molecular flexibility index (Phi) is 6.62. The number of unbranched alkanes of at least 4 members (excludes halogenated alkanes) is 1. The molecule has 6 heteroatoms. The lowest BCUT2D eigenvalue weighted by atomic mass is 10.2. The van der Waals surface area contributed by atoms with E-state index in [-0.39, 0.29) is 29.7 Å². The first-order valence-electron chi connectivity index (χ1n) is 8.27. The summed E-state index contributed by atoms with van der Waals surface area (Å²) >= 11 is 0. The molecule has 132 valence electrons. The third-order valence-electron chi connectivity index (χ3n) is 3.79. The molecule has 5 nitrogen and oxygen atoms in total. The second kappa shape index (κ2) is 8.92. The molecule has 2 aromatic rings. The van der Waals surface area contributed by atoms with Gasteiger partial charge in [0.2, 0.25) is 0 Å². The predicted octanol–water partition coefficient (Wildman–Crippen LogP) is 3.02. The Morgan fingerprint density at radius 1 is 1.12 bits per heavy atom. The topological polar surface area (TPSA) is 62.3 Å². The number of benzene rings is 1. The van der Waals surface area contributed by atoms with E-state index in [0.29, 0.717) is 12.1 Å². The van der Waals surface area contributed by atoms with Crippen molar-refractivity contribution >= 4 is 11.8 Å². The lowest BCUT2D eigenvalue weighted by molar-refractivity contribution is 0.0787. The summed E-state index contributed by atoms with van der Waals surface area (Å²) in [6.07, 6.45) is 1.90. The first-order valence-corrected chi connectivity index (χ1v) is 8.27. The maximum Gasteiger partial charge on any atom is 0.272 e. The number of amides is 2. The number of nitrogens with one attached hydrogen (secondary N) is 1. The van der Waals surface area contributed by atoms with Crippen LogP contribution in [0.5, 0.6) is 0 Å². The molecule has 0 bridgehead atoms. The van der Waals surface area contributed by atoms with E-state index in [1.165, 1.54) is 12.1 Å². The molecule has 0 radical (unpaired) electrons. The van der Waals surface area contributed by atoms with Gasteiger partial charge in [0.25, 0.3) is 11.8 Å². The molecule has 2 rings (SSSR count). The molecule has 0 saturated carbocycles. The molecule has 0 aliphatic carbocycles. The number of aromatic nitrogens is 1. The summed E-state index contributed by atoms with van der Waals surface area (Å²) < 4.78 is 13.6. The molecule has 2 amide bonds. The molecule has 0 unspecified atom stereocenters. The van der Waals surface area contributed by atoms with Gasteiger partial charge in [0.05, 0.1) is 0 Å². The Morgan fingerprint density at radius 3 is 2.56 bits per heavy atom. The molecular weight excluding hydrogens is 321 g/mol. The largest absolute Gasteiger partial charge is 0.347 e. The number of nitrogens with zero attached hydrogens (tertiary/aromatic N) is 2. The standard InChI is InChI=1S/C19H22FN3O2/c1-3-4-12-23(2)19(25)17-11-7-10-16(22-17)18(24)21-13-14-8-5-6-9-15(14)20/h5-11H,3-4,12-13H2,1-2H3,(H,21,24). The van der Waals surface area contributed by atoms with Crippen LogP contribution in [0.15, 0.2) is 42.5 Å². The minimum Gasteiger partial charge on any atom is -0.347 e. The molecule has 1 aromatic heterocycles. The fourth-order valence-electron chi connectivity index (χ4n) is 2.28. The Morgan fingerprint density at radius 2 is 1.84 bits per heavy atom. The van der Waals surface area contributed by atoms with E-state index in [2.05, 4.69) is 17.2 Å². The van der Waals surface area contributed by atoms with Crippen LogP contribution in [0, 0.1) is 5.82 Å². The number of pyridine rings is 1. The van der Waals surface area contributed by atoms with Gasteiger partial charge < -0.3 is 10.2 Å². The van der Waals surface area contributed by atoms with E-state index in [1.807, 2.05) is 0 Å². The Bertz CT molecular complexity index is 749. The van der Waals surface area contributed by atoms with Gasteiger partial charge >= 0.3 is 0 Å². The van der Waals surface area contributed by atoms with Crippen molar-refractivity contribution in [3.05, 3.63) is 65.2 Å². The van der Waals surface area contributed by atoms with Crippen molar-refractivity contribution in [3.63, 3.8) is 0 Å². The van der Waals surface area contributed by atoms with E-state index in [1.54, 1.807) is 42.3 Å². The normalized spacial score (nSPS) is 10.4. The number of carbonyl (C=O) groups is 2. The third kappa shape index (κ3) is 5.11. The number of rotatable bonds is 7. The van der Waals surface area contributed by atoms with Crippen molar-refractivity contribution in [1.82, 2.24) is 15.2 Å². The van der Waals surface area contributed by atoms with Crippen LogP contribution in [0.4, 0.5) is 4.39 Å². The van der Waals surface area contributed by atoms with Gasteiger partial charge in [0.15, 0.2) is 0 Å². The summed E-state index contributed by atoms with van der Waals surface area (Å²) in [7, 11) is 1.71. The number of carbonyl (C=O) groups excluding carboxylic acids is 2. The Balaban J connectivity index is 2.03. The van der Waals surface area contributed by atoms with Crippen molar-refractivity contribution in [2.45, 2.75) is 26.3 Å².